The molecule has 0 radical (unpaired) electrons. The molecule has 4 nitrogen and oxygen atoms in total. The lowest BCUT2D eigenvalue weighted by Gasteiger charge is -2.18. The molecule has 0 aliphatic heterocycles. The van der Waals surface area contributed by atoms with Crippen LogP contribution in [0.2, 0.25) is 5.02 Å². The maximum absolute atomic E-state index is 11.9. The number of benzene rings is 1. The molecule has 0 saturated heterocycles. The van der Waals surface area contributed by atoms with Gasteiger partial charge in [0.1, 0.15) is 0 Å². The van der Waals surface area contributed by atoms with Gasteiger partial charge in [0, 0.05) is 12.1 Å². The Balaban J connectivity index is 1.97. The van der Waals surface area contributed by atoms with E-state index in [1.807, 2.05) is 18.2 Å². The van der Waals surface area contributed by atoms with E-state index in [9.17, 15) is 9.59 Å². The number of carbonyl (C=O) groups excluding carboxylic acids is 2. The highest BCUT2D eigenvalue weighted by Crippen LogP contribution is 2.32. The van der Waals surface area contributed by atoms with E-state index in [2.05, 4.69) is 11.9 Å². The van der Waals surface area contributed by atoms with E-state index in [0.29, 0.717) is 5.02 Å². The van der Waals surface area contributed by atoms with Gasteiger partial charge in [-0.2, -0.15) is 0 Å². The predicted molar refractivity (Wildman–Crippen MR) is 78.5 cm³/mol. The molecule has 1 aliphatic rings. The van der Waals surface area contributed by atoms with Crippen molar-refractivity contribution in [3.8, 4) is 0 Å². The minimum absolute atomic E-state index is 0.00185. The van der Waals surface area contributed by atoms with Crippen LogP contribution in [0.15, 0.2) is 30.9 Å². The third-order valence-electron chi connectivity index (χ3n) is 3.45. The van der Waals surface area contributed by atoms with E-state index >= 15 is 0 Å². The Morgan fingerprint density at radius 1 is 1.55 bits per heavy atom. The second kappa shape index (κ2) is 6.09. The van der Waals surface area contributed by atoms with Crippen LogP contribution in [0.4, 0.5) is 0 Å². The molecule has 1 aromatic carbocycles. The molecule has 2 rings (SSSR count). The molecule has 0 heterocycles. The lowest BCUT2D eigenvalue weighted by atomic mass is 10.1. The Labute approximate surface area is 123 Å². The largest absolute Gasteiger partial charge is 0.348 e. The number of amides is 2. The number of halogens is 1. The van der Waals surface area contributed by atoms with Crippen LogP contribution in [-0.2, 0) is 16.0 Å². The van der Waals surface area contributed by atoms with Crippen LogP contribution < -0.4 is 5.32 Å². The Kier molecular flexibility index (Phi) is 4.45. The van der Waals surface area contributed by atoms with Gasteiger partial charge in [0.05, 0.1) is 12.6 Å². The fraction of sp³-hybridized carbons (Fsp3) is 0.333. The Bertz CT molecular complexity index is 557. The van der Waals surface area contributed by atoms with Gasteiger partial charge in [0.15, 0.2) is 0 Å². The fourth-order valence-electron chi connectivity index (χ4n) is 2.43. The summed E-state index contributed by atoms with van der Waals surface area (Å²) in [5, 5.41) is 3.67. The van der Waals surface area contributed by atoms with Crippen LogP contribution in [0.25, 0.3) is 0 Å². The highest BCUT2D eigenvalue weighted by molar-refractivity contribution is 6.30. The molecule has 0 saturated carbocycles. The SMILES string of the molecule is C=CC(=O)N(C)CC(=O)N[C@H]1CCc2cc(Cl)ccc21. The first-order valence-corrected chi connectivity index (χ1v) is 6.84. The van der Waals surface area contributed by atoms with Crippen molar-refractivity contribution < 1.29 is 9.59 Å². The zero-order valence-corrected chi connectivity index (χ0v) is 12.1. The molecule has 0 fully saturated rings. The molecular weight excluding hydrogens is 276 g/mol. The summed E-state index contributed by atoms with van der Waals surface area (Å²) in [5.41, 5.74) is 2.29. The average molecular weight is 293 g/mol. The third-order valence-corrected chi connectivity index (χ3v) is 3.68. The van der Waals surface area contributed by atoms with E-state index in [0.717, 1.165) is 18.4 Å². The minimum Gasteiger partial charge on any atom is -0.348 e. The molecule has 1 aliphatic carbocycles. The molecule has 1 atom stereocenters. The van der Waals surface area contributed by atoms with Crippen LogP contribution >= 0.6 is 11.6 Å². The van der Waals surface area contributed by atoms with Gasteiger partial charge in [-0.3, -0.25) is 9.59 Å². The molecule has 2 amide bonds. The van der Waals surface area contributed by atoms with Gasteiger partial charge in [-0.05, 0) is 42.2 Å². The molecule has 1 aromatic rings. The molecule has 1 N–H and O–H groups in total. The summed E-state index contributed by atoms with van der Waals surface area (Å²) in [7, 11) is 1.58. The van der Waals surface area contributed by atoms with Gasteiger partial charge in [-0.25, -0.2) is 0 Å². The van der Waals surface area contributed by atoms with Crippen molar-refractivity contribution in [2.75, 3.05) is 13.6 Å². The summed E-state index contributed by atoms with van der Waals surface area (Å²) in [6, 6.07) is 5.73. The zero-order valence-electron chi connectivity index (χ0n) is 11.4. The lowest BCUT2D eigenvalue weighted by Crippen LogP contribution is -2.38. The highest BCUT2D eigenvalue weighted by atomic mass is 35.5. The number of aryl methyl sites for hydroxylation is 1. The predicted octanol–water partition coefficient (Wildman–Crippen LogP) is 2.09. The smallest absolute Gasteiger partial charge is 0.246 e. The van der Waals surface area contributed by atoms with Gasteiger partial charge in [-0.15, -0.1) is 0 Å². The molecule has 0 spiro atoms. The molecule has 0 aromatic heterocycles. The Morgan fingerprint density at radius 2 is 2.30 bits per heavy atom. The van der Waals surface area contributed by atoms with Crippen molar-refractivity contribution in [3.63, 3.8) is 0 Å². The van der Waals surface area contributed by atoms with Gasteiger partial charge in [0.2, 0.25) is 11.8 Å². The van der Waals surface area contributed by atoms with E-state index in [4.69, 9.17) is 11.6 Å². The number of hydrogen-bond acceptors (Lipinski definition) is 2. The lowest BCUT2D eigenvalue weighted by molar-refractivity contribution is -0.131. The standard InChI is InChI=1S/C15H17ClN2O2/c1-3-15(20)18(2)9-14(19)17-13-7-4-10-8-11(16)5-6-12(10)13/h3,5-6,8,13H,1,4,7,9H2,2H3,(H,17,19)/t13-/m0/s1. The zero-order chi connectivity index (χ0) is 14.7. The van der Waals surface area contributed by atoms with E-state index in [1.54, 1.807) is 7.05 Å². The second-order valence-corrected chi connectivity index (χ2v) is 5.34. The highest BCUT2D eigenvalue weighted by Gasteiger charge is 2.24. The molecule has 0 unspecified atom stereocenters. The molecule has 5 heteroatoms. The normalized spacial score (nSPS) is 16.4. The second-order valence-electron chi connectivity index (χ2n) is 4.90. The summed E-state index contributed by atoms with van der Waals surface area (Å²) < 4.78 is 0. The van der Waals surface area contributed by atoms with Crippen LogP contribution in [0.5, 0.6) is 0 Å². The van der Waals surface area contributed by atoms with E-state index < -0.39 is 0 Å². The van der Waals surface area contributed by atoms with Crippen LogP contribution in [0, 0.1) is 0 Å². The summed E-state index contributed by atoms with van der Waals surface area (Å²) in [5.74, 6) is -0.436. The monoisotopic (exact) mass is 292 g/mol. The van der Waals surface area contributed by atoms with Gasteiger partial charge < -0.3 is 10.2 Å². The molecule has 20 heavy (non-hydrogen) atoms. The number of carbonyl (C=O) groups is 2. The molecule has 0 bridgehead atoms. The van der Waals surface area contributed by atoms with Gasteiger partial charge in [-0.1, -0.05) is 24.2 Å². The molecular formula is C15H17ClN2O2. The number of nitrogens with one attached hydrogen (secondary N) is 1. The van der Waals surface area contributed by atoms with Crippen molar-refractivity contribution in [2.45, 2.75) is 18.9 Å². The Morgan fingerprint density at radius 3 is 3.00 bits per heavy atom. The van der Waals surface area contributed by atoms with Crippen molar-refractivity contribution >= 4 is 23.4 Å². The van der Waals surface area contributed by atoms with Gasteiger partial charge >= 0.3 is 0 Å². The van der Waals surface area contributed by atoms with Crippen LogP contribution in [0.1, 0.15) is 23.6 Å². The minimum atomic E-state index is -0.265. The van der Waals surface area contributed by atoms with Crippen LogP contribution in [0.3, 0.4) is 0 Å². The topological polar surface area (TPSA) is 49.4 Å². The number of fused-ring (bicyclic) bond motifs is 1. The maximum atomic E-state index is 11.9. The summed E-state index contributed by atoms with van der Waals surface area (Å²) in [6.07, 6.45) is 2.96. The van der Waals surface area contributed by atoms with Crippen molar-refractivity contribution in [1.82, 2.24) is 10.2 Å². The fourth-order valence-corrected chi connectivity index (χ4v) is 2.62. The van der Waals surface area contributed by atoms with E-state index in [1.165, 1.54) is 16.5 Å². The van der Waals surface area contributed by atoms with Crippen molar-refractivity contribution in [1.29, 1.82) is 0 Å². The number of nitrogens with zero attached hydrogens (tertiary/aromatic N) is 1. The first kappa shape index (κ1) is 14.6. The molecule has 106 valence electrons. The first-order chi connectivity index (χ1) is 9.51. The number of hydrogen-bond donors (Lipinski definition) is 1. The first-order valence-electron chi connectivity index (χ1n) is 6.46. The van der Waals surface area contributed by atoms with E-state index in [-0.39, 0.29) is 24.4 Å². The summed E-state index contributed by atoms with van der Waals surface area (Å²) in [6.45, 7) is 3.43. The third kappa shape index (κ3) is 3.20. The number of likely N-dealkylation sites (N-methyl/N-ethyl adjacent to an activating group) is 1. The summed E-state index contributed by atoms with van der Waals surface area (Å²) >= 11 is 5.96. The van der Waals surface area contributed by atoms with Crippen molar-refractivity contribution in [2.24, 2.45) is 0 Å². The Hall–Kier alpha value is -1.81. The average Bonchev–Trinajstić information content (AvgIpc) is 2.79. The van der Waals surface area contributed by atoms with Crippen LogP contribution in [-0.4, -0.2) is 30.3 Å². The maximum Gasteiger partial charge on any atom is 0.246 e. The van der Waals surface area contributed by atoms with Gasteiger partial charge in [0.25, 0.3) is 0 Å². The van der Waals surface area contributed by atoms with Crippen molar-refractivity contribution in [3.05, 3.63) is 47.0 Å². The summed E-state index contributed by atoms with van der Waals surface area (Å²) in [4.78, 5) is 24.6. The number of rotatable bonds is 4. The quantitative estimate of drug-likeness (QED) is 0.864.